The fourth-order valence-electron chi connectivity index (χ4n) is 1.98. The van der Waals surface area contributed by atoms with Gasteiger partial charge in [-0.3, -0.25) is 0 Å². The molecule has 0 saturated heterocycles. The second-order valence-electron chi connectivity index (χ2n) is 4.57. The van der Waals surface area contributed by atoms with Gasteiger partial charge in [-0.15, -0.1) is 0 Å². The van der Waals surface area contributed by atoms with Gasteiger partial charge < -0.3 is 5.73 Å². The molecule has 0 fully saturated rings. The molecule has 0 aliphatic heterocycles. The van der Waals surface area contributed by atoms with Crippen LogP contribution in [0.2, 0.25) is 15.1 Å². The minimum atomic E-state index is -0.205. The summed E-state index contributed by atoms with van der Waals surface area (Å²) in [5, 5.41) is 2.01. The average molecular weight is 315 g/mol. The summed E-state index contributed by atoms with van der Waals surface area (Å²) in [6.07, 6.45) is 0.599. The van der Waals surface area contributed by atoms with Gasteiger partial charge in [0.15, 0.2) is 0 Å². The molecule has 0 aliphatic carbocycles. The van der Waals surface area contributed by atoms with Crippen LogP contribution in [0.15, 0.2) is 36.4 Å². The van der Waals surface area contributed by atoms with Gasteiger partial charge in [0.2, 0.25) is 0 Å². The Hall–Kier alpha value is -0.730. The van der Waals surface area contributed by atoms with Crippen LogP contribution < -0.4 is 5.73 Å². The van der Waals surface area contributed by atoms with Crippen molar-refractivity contribution in [2.24, 2.45) is 5.73 Å². The number of hydrogen-bond donors (Lipinski definition) is 1. The SMILES string of the molecule is Cc1ccc(C(N)Cc2cc(Cl)ccc2Cl)c(Cl)c1. The van der Waals surface area contributed by atoms with Crippen LogP contribution in [0, 0.1) is 6.92 Å². The topological polar surface area (TPSA) is 26.0 Å². The van der Waals surface area contributed by atoms with Gasteiger partial charge in [0.05, 0.1) is 0 Å². The van der Waals surface area contributed by atoms with Crippen molar-refractivity contribution in [1.29, 1.82) is 0 Å². The molecule has 2 N–H and O–H groups in total. The monoisotopic (exact) mass is 313 g/mol. The molecule has 0 spiro atoms. The molecule has 2 aromatic rings. The van der Waals surface area contributed by atoms with Crippen molar-refractivity contribution in [2.45, 2.75) is 19.4 Å². The van der Waals surface area contributed by atoms with Crippen molar-refractivity contribution < 1.29 is 0 Å². The standard InChI is InChI=1S/C15H14Cl3N/c1-9-2-4-12(14(18)6-9)15(19)8-10-7-11(16)3-5-13(10)17/h2-7,15H,8,19H2,1H3. The molecule has 0 heterocycles. The molecular formula is C15H14Cl3N. The van der Waals surface area contributed by atoms with E-state index in [1.807, 2.05) is 31.2 Å². The van der Waals surface area contributed by atoms with Gasteiger partial charge in [-0.2, -0.15) is 0 Å². The van der Waals surface area contributed by atoms with Crippen LogP contribution in [0.4, 0.5) is 0 Å². The van der Waals surface area contributed by atoms with E-state index in [4.69, 9.17) is 40.5 Å². The number of benzene rings is 2. The highest BCUT2D eigenvalue weighted by Gasteiger charge is 2.13. The molecule has 19 heavy (non-hydrogen) atoms. The van der Waals surface area contributed by atoms with Crippen LogP contribution >= 0.6 is 34.8 Å². The van der Waals surface area contributed by atoms with E-state index in [9.17, 15) is 0 Å². The van der Waals surface area contributed by atoms with Gasteiger partial charge in [0.1, 0.15) is 0 Å². The third-order valence-corrected chi connectivity index (χ3v) is 3.93. The molecule has 2 rings (SSSR count). The maximum Gasteiger partial charge on any atom is 0.0456 e. The Balaban J connectivity index is 2.25. The molecule has 4 heteroatoms. The lowest BCUT2D eigenvalue weighted by Crippen LogP contribution is -2.14. The predicted octanol–water partition coefficient (Wildman–Crippen LogP) is 5.20. The summed E-state index contributed by atoms with van der Waals surface area (Å²) < 4.78 is 0. The Morgan fingerprint density at radius 1 is 1.00 bits per heavy atom. The van der Waals surface area contributed by atoms with E-state index in [2.05, 4.69) is 0 Å². The Morgan fingerprint density at radius 2 is 1.74 bits per heavy atom. The van der Waals surface area contributed by atoms with Gasteiger partial charge in [-0.05, 0) is 54.3 Å². The summed E-state index contributed by atoms with van der Waals surface area (Å²) in [5.41, 5.74) is 9.17. The van der Waals surface area contributed by atoms with Gasteiger partial charge in [-0.1, -0.05) is 46.9 Å². The van der Waals surface area contributed by atoms with Crippen molar-refractivity contribution in [3.63, 3.8) is 0 Å². The first-order valence-electron chi connectivity index (χ1n) is 5.93. The van der Waals surface area contributed by atoms with Gasteiger partial charge >= 0.3 is 0 Å². The molecule has 0 amide bonds. The van der Waals surface area contributed by atoms with E-state index < -0.39 is 0 Å². The van der Waals surface area contributed by atoms with Crippen molar-refractivity contribution in [1.82, 2.24) is 0 Å². The summed E-state index contributed by atoms with van der Waals surface area (Å²) in [7, 11) is 0. The molecule has 100 valence electrons. The van der Waals surface area contributed by atoms with Crippen LogP contribution in [-0.4, -0.2) is 0 Å². The third-order valence-electron chi connectivity index (χ3n) is 3.00. The van der Waals surface area contributed by atoms with Crippen LogP contribution in [0.25, 0.3) is 0 Å². The van der Waals surface area contributed by atoms with Crippen molar-refractivity contribution in [2.75, 3.05) is 0 Å². The lowest BCUT2D eigenvalue weighted by atomic mass is 9.99. The molecule has 1 atom stereocenters. The third kappa shape index (κ3) is 3.64. The lowest BCUT2D eigenvalue weighted by Gasteiger charge is -2.15. The maximum atomic E-state index is 6.22. The average Bonchev–Trinajstić information content (AvgIpc) is 2.33. The van der Waals surface area contributed by atoms with Gasteiger partial charge in [-0.25, -0.2) is 0 Å². The number of nitrogens with two attached hydrogens (primary N) is 1. The number of aryl methyl sites for hydroxylation is 1. The first-order chi connectivity index (χ1) is 8.97. The van der Waals surface area contributed by atoms with Gasteiger partial charge in [0, 0.05) is 21.1 Å². The molecule has 0 saturated carbocycles. The molecule has 2 aromatic carbocycles. The molecule has 1 unspecified atom stereocenters. The second-order valence-corrected chi connectivity index (χ2v) is 5.82. The largest absolute Gasteiger partial charge is 0.324 e. The quantitative estimate of drug-likeness (QED) is 0.828. The Bertz CT molecular complexity index is 596. The molecule has 0 radical (unpaired) electrons. The van der Waals surface area contributed by atoms with E-state index >= 15 is 0 Å². The smallest absolute Gasteiger partial charge is 0.0456 e. The predicted molar refractivity (Wildman–Crippen MR) is 83.3 cm³/mol. The number of halogens is 3. The fourth-order valence-corrected chi connectivity index (χ4v) is 2.74. The zero-order chi connectivity index (χ0) is 14.0. The van der Waals surface area contributed by atoms with E-state index in [-0.39, 0.29) is 6.04 Å². The summed E-state index contributed by atoms with van der Waals surface area (Å²) in [6.45, 7) is 2.00. The van der Waals surface area contributed by atoms with Crippen LogP contribution in [0.1, 0.15) is 22.7 Å². The Labute approximate surface area is 128 Å². The summed E-state index contributed by atoms with van der Waals surface area (Å²) in [6, 6.07) is 11.0. The zero-order valence-electron chi connectivity index (χ0n) is 10.5. The number of rotatable bonds is 3. The highest BCUT2D eigenvalue weighted by Crippen LogP contribution is 2.28. The summed E-state index contributed by atoms with van der Waals surface area (Å²) in [4.78, 5) is 0. The lowest BCUT2D eigenvalue weighted by molar-refractivity contribution is 0.722. The van der Waals surface area contributed by atoms with Crippen molar-refractivity contribution in [3.8, 4) is 0 Å². The zero-order valence-corrected chi connectivity index (χ0v) is 12.7. The van der Waals surface area contributed by atoms with Crippen LogP contribution in [0.3, 0.4) is 0 Å². The van der Waals surface area contributed by atoms with E-state index in [1.165, 1.54) is 0 Å². The maximum absolute atomic E-state index is 6.22. The summed E-state index contributed by atoms with van der Waals surface area (Å²) >= 11 is 18.3. The van der Waals surface area contributed by atoms with E-state index in [1.54, 1.807) is 12.1 Å². The number of hydrogen-bond acceptors (Lipinski definition) is 1. The molecule has 0 aliphatic rings. The Kier molecular flexibility index (Phi) is 4.75. The van der Waals surface area contributed by atoms with Crippen LogP contribution in [0.5, 0.6) is 0 Å². The first-order valence-corrected chi connectivity index (χ1v) is 7.06. The van der Waals surface area contributed by atoms with Crippen molar-refractivity contribution in [3.05, 3.63) is 68.2 Å². The van der Waals surface area contributed by atoms with Crippen LogP contribution in [-0.2, 0) is 6.42 Å². The fraction of sp³-hybridized carbons (Fsp3) is 0.200. The highest BCUT2D eigenvalue weighted by atomic mass is 35.5. The molecule has 0 aromatic heterocycles. The Morgan fingerprint density at radius 3 is 2.42 bits per heavy atom. The summed E-state index contributed by atoms with van der Waals surface area (Å²) in [5.74, 6) is 0. The second kappa shape index (κ2) is 6.15. The minimum absolute atomic E-state index is 0.205. The van der Waals surface area contributed by atoms with Gasteiger partial charge in [0.25, 0.3) is 0 Å². The molecule has 1 nitrogen and oxygen atoms in total. The van der Waals surface area contributed by atoms with E-state index in [0.717, 1.165) is 16.7 Å². The highest BCUT2D eigenvalue weighted by molar-refractivity contribution is 6.33. The van der Waals surface area contributed by atoms with Crippen molar-refractivity contribution >= 4 is 34.8 Å². The van der Waals surface area contributed by atoms with E-state index in [0.29, 0.717) is 21.5 Å². The molecule has 0 bridgehead atoms. The molecular weight excluding hydrogens is 301 g/mol. The first kappa shape index (κ1) is 14.7. The minimum Gasteiger partial charge on any atom is -0.324 e. The normalized spacial score (nSPS) is 12.5.